The van der Waals surface area contributed by atoms with Gasteiger partial charge in [-0.05, 0) is 65.8 Å². The third kappa shape index (κ3) is 5.49. The predicted molar refractivity (Wildman–Crippen MR) is 152 cm³/mol. The lowest BCUT2D eigenvalue weighted by Gasteiger charge is -2.27. The van der Waals surface area contributed by atoms with E-state index in [1.165, 1.54) is 0 Å². The second-order valence-corrected chi connectivity index (χ2v) is 10.4. The molecule has 1 amide bonds. The van der Waals surface area contributed by atoms with Crippen LogP contribution >= 0.6 is 0 Å². The Balaban J connectivity index is 1.46. The van der Waals surface area contributed by atoms with Crippen LogP contribution in [0.4, 0.5) is 5.69 Å². The van der Waals surface area contributed by atoms with Crippen molar-refractivity contribution >= 4 is 17.6 Å². The first kappa shape index (κ1) is 27.5. The van der Waals surface area contributed by atoms with Gasteiger partial charge in [0.2, 0.25) is 12.7 Å². The number of carboxylic acids is 1. The standard InChI is InChI=1S/C32H36N2O6/c1-4-20(5-2)24-8-6-7-9-26(24)33-29(35)18-34-17-25(22-12-15-27-28(16-22)40-19-39-27)30(32(36)37)31(34)21-10-13-23(38-3)14-11-21/h6-16,20,25,30-31H,4-5,17-19H2,1-3H3,(H,33,35)(H,36,37). The number of carboxylic acid groups (broad SMARTS) is 1. The maximum Gasteiger partial charge on any atom is 0.309 e. The highest BCUT2D eigenvalue weighted by molar-refractivity contribution is 5.93. The van der Waals surface area contributed by atoms with Gasteiger partial charge < -0.3 is 24.6 Å². The highest BCUT2D eigenvalue weighted by Crippen LogP contribution is 2.47. The van der Waals surface area contributed by atoms with Crippen molar-refractivity contribution in [3.8, 4) is 17.2 Å². The number of hydrogen-bond acceptors (Lipinski definition) is 6. The van der Waals surface area contributed by atoms with Crippen LogP contribution in [-0.4, -0.2) is 48.9 Å². The molecule has 0 aromatic heterocycles. The lowest BCUT2D eigenvalue weighted by atomic mass is 9.82. The number of nitrogens with zero attached hydrogens (tertiary/aromatic N) is 1. The monoisotopic (exact) mass is 544 g/mol. The molecule has 8 heteroatoms. The van der Waals surface area contributed by atoms with E-state index >= 15 is 0 Å². The van der Waals surface area contributed by atoms with Crippen molar-refractivity contribution in [3.63, 3.8) is 0 Å². The normalized spacial score (nSPS) is 20.1. The molecule has 0 bridgehead atoms. The van der Waals surface area contributed by atoms with Crippen LogP contribution in [0.3, 0.4) is 0 Å². The molecule has 2 heterocycles. The summed E-state index contributed by atoms with van der Waals surface area (Å²) in [5, 5.41) is 13.6. The van der Waals surface area contributed by atoms with E-state index in [1.807, 2.05) is 65.6 Å². The largest absolute Gasteiger partial charge is 0.497 e. The summed E-state index contributed by atoms with van der Waals surface area (Å²) in [4.78, 5) is 28.3. The third-order valence-electron chi connectivity index (χ3n) is 8.17. The summed E-state index contributed by atoms with van der Waals surface area (Å²) in [6.07, 6.45) is 1.96. The van der Waals surface area contributed by atoms with Crippen molar-refractivity contribution < 1.29 is 28.9 Å². The molecule has 210 valence electrons. The minimum Gasteiger partial charge on any atom is -0.497 e. The number of carbonyl (C=O) groups is 2. The quantitative estimate of drug-likeness (QED) is 0.333. The Kier molecular flexibility index (Phi) is 8.26. The molecule has 3 unspecified atom stereocenters. The number of carbonyl (C=O) groups excluding carboxylic acids is 1. The molecule has 5 rings (SSSR count). The van der Waals surface area contributed by atoms with Crippen LogP contribution in [0.1, 0.15) is 61.3 Å². The van der Waals surface area contributed by atoms with Gasteiger partial charge in [0.1, 0.15) is 5.75 Å². The van der Waals surface area contributed by atoms with Crippen molar-refractivity contribution in [1.82, 2.24) is 4.90 Å². The lowest BCUT2D eigenvalue weighted by molar-refractivity contribution is -0.143. The molecule has 0 saturated carbocycles. The smallest absolute Gasteiger partial charge is 0.309 e. The Labute approximate surface area is 234 Å². The van der Waals surface area contributed by atoms with Gasteiger partial charge in [-0.15, -0.1) is 0 Å². The zero-order valence-corrected chi connectivity index (χ0v) is 23.1. The molecular weight excluding hydrogens is 508 g/mol. The molecule has 3 aromatic rings. The first-order chi connectivity index (χ1) is 19.4. The SMILES string of the molecule is CCC(CC)c1ccccc1NC(=O)CN1CC(c2ccc3c(c2)OCO3)C(C(=O)O)C1c1ccc(OC)cc1. The molecule has 3 aromatic carbocycles. The van der Waals surface area contributed by atoms with Crippen LogP contribution in [0.25, 0.3) is 0 Å². The van der Waals surface area contributed by atoms with E-state index in [-0.39, 0.29) is 25.2 Å². The molecule has 1 saturated heterocycles. The van der Waals surface area contributed by atoms with Gasteiger partial charge in [0.15, 0.2) is 11.5 Å². The summed E-state index contributed by atoms with van der Waals surface area (Å²) in [6, 6.07) is 20.4. The van der Waals surface area contributed by atoms with Crippen molar-refractivity contribution in [1.29, 1.82) is 0 Å². The minimum absolute atomic E-state index is 0.0543. The number of fused-ring (bicyclic) bond motifs is 1. The average molecular weight is 545 g/mol. The van der Waals surface area contributed by atoms with Crippen molar-refractivity contribution in [2.24, 2.45) is 5.92 Å². The number of aliphatic carboxylic acids is 1. The predicted octanol–water partition coefficient (Wildman–Crippen LogP) is 5.81. The molecular formula is C32H36N2O6. The Morgan fingerprint density at radius 3 is 2.40 bits per heavy atom. The van der Waals surface area contributed by atoms with Crippen LogP contribution in [-0.2, 0) is 9.59 Å². The first-order valence-electron chi connectivity index (χ1n) is 13.8. The lowest BCUT2D eigenvalue weighted by Crippen LogP contribution is -2.35. The van der Waals surface area contributed by atoms with Crippen molar-refractivity contribution in [2.45, 2.75) is 44.6 Å². The van der Waals surface area contributed by atoms with Gasteiger partial charge >= 0.3 is 5.97 Å². The molecule has 0 radical (unpaired) electrons. The fourth-order valence-electron chi connectivity index (χ4n) is 6.14. The molecule has 2 aliphatic rings. The Morgan fingerprint density at radius 1 is 1.00 bits per heavy atom. The maximum atomic E-state index is 13.5. The molecule has 0 spiro atoms. The number of ether oxygens (including phenoxy) is 3. The number of benzene rings is 3. The van der Waals surface area contributed by atoms with E-state index in [0.29, 0.717) is 29.7 Å². The molecule has 3 atom stereocenters. The van der Waals surface area contributed by atoms with Gasteiger partial charge in [0.05, 0.1) is 19.6 Å². The number of amides is 1. The zero-order valence-electron chi connectivity index (χ0n) is 23.1. The van der Waals surface area contributed by atoms with Crippen LogP contribution in [0.15, 0.2) is 66.7 Å². The second kappa shape index (κ2) is 12.0. The zero-order chi connectivity index (χ0) is 28.2. The van der Waals surface area contributed by atoms with Gasteiger partial charge in [-0.25, -0.2) is 0 Å². The van der Waals surface area contributed by atoms with E-state index in [4.69, 9.17) is 14.2 Å². The number of anilines is 1. The number of rotatable bonds is 10. The molecule has 1 fully saturated rings. The molecule has 8 nitrogen and oxygen atoms in total. The van der Waals surface area contributed by atoms with Gasteiger partial charge in [0, 0.05) is 24.2 Å². The van der Waals surface area contributed by atoms with E-state index < -0.39 is 17.9 Å². The van der Waals surface area contributed by atoms with Crippen LogP contribution in [0, 0.1) is 5.92 Å². The summed E-state index contributed by atoms with van der Waals surface area (Å²) >= 11 is 0. The molecule has 0 aliphatic carbocycles. The summed E-state index contributed by atoms with van der Waals surface area (Å²) in [6.45, 7) is 4.90. The molecule has 40 heavy (non-hydrogen) atoms. The number of likely N-dealkylation sites (tertiary alicyclic amines) is 1. The fraction of sp³-hybridized carbons (Fsp3) is 0.375. The molecule has 2 N–H and O–H groups in total. The Hall–Kier alpha value is -4.04. The molecule has 2 aliphatic heterocycles. The van der Waals surface area contributed by atoms with Crippen LogP contribution in [0.5, 0.6) is 17.2 Å². The highest BCUT2D eigenvalue weighted by Gasteiger charge is 2.48. The summed E-state index contributed by atoms with van der Waals surface area (Å²) in [7, 11) is 1.59. The van der Waals surface area contributed by atoms with E-state index in [1.54, 1.807) is 7.11 Å². The number of nitrogens with one attached hydrogen (secondary N) is 1. The fourth-order valence-corrected chi connectivity index (χ4v) is 6.14. The topological polar surface area (TPSA) is 97.3 Å². The van der Waals surface area contributed by atoms with E-state index in [9.17, 15) is 14.7 Å². The maximum absolute atomic E-state index is 13.5. The number of para-hydroxylation sites is 1. The summed E-state index contributed by atoms with van der Waals surface area (Å²) in [5.74, 6) is 0.0647. The van der Waals surface area contributed by atoms with Crippen LogP contribution < -0.4 is 19.5 Å². The van der Waals surface area contributed by atoms with Gasteiger partial charge in [-0.3, -0.25) is 14.5 Å². The second-order valence-electron chi connectivity index (χ2n) is 10.4. The summed E-state index contributed by atoms with van der Waals surface area (Å²) in [5.41, 5.74) is 3.60. The van der Waals surface area contributed by atoms with Crippen molar-refractivity contribution in [2.75, 3.05) is 32.3 Å². The number of hydrogen-bond donors (Lipinski definition) is 2. The van der Waals surface area contributed by atoms with Gasteiger partial charge in [0.25, 0.3) is 0 Å². The highest BCUT2D eigenvalue weighted by atomic mass is 16.7. The summed E-state index contributed by atoms with van der Waals surface area (Å²) < 4.78 is 16.4. The van der Waals surface area contributed by atoms with Gasteiger partial charge in [-0.1, -0.05) is 50.2 Å². The third-order valence-corrected chi connectivity index (χ3v) is 8.17. The number of methoxy groups -OCH3 is 1. The van der Waals surface area contributed by atoms with Crippen LogP contribution in [0.2, 0.25) is 0 Å². The Bertz CT molecular complexity index is 1350. The Morgan fingerprint density at radius 2 is 1.70 bits per heavy atom. The van der Waals surface area contributed by atoms with Crippen molar-refractivity contribution in [3.05, 3.63) is 83.4 Å². The first-order valence-corrected chi connectivity index (χ1v) is 13.8. The van der Waals surface area contributed by atoms with Gasteiger partial charge in [-0.2, -0.15) is 0 Å². The average Bonchev–Trinajstić information content (AvgIpc) is 3.59. The minimum atomic E-state index is -0.912. The van der Waals surface area contributed by atoms with E-state index in [2.05, 4.69) is 25.2 Å². The van der Waals surface area contributed by atoms with E-state index in [0.717, 1.165) is 35.2 Å².